The van der Waals surface area contributed by atoms with E-state index in [1.165, 1.54) is 0 Å². The van der Waals surface area contributed by atoms with E-state index in [-0.39, 0.29) is 11.3 Å². The molecule has 2 heterocycles. The molecule has 0 radical (unpaired) electrons. The highest BCUT2D eigenvalue weighted by Gasteiger charge is 2.54. The minimum Gasteiger partial charge on any atom is -0.367 e. The first-order chi connectivity index (χ1) is 13.2. The molecular formula is C23H25N3O2. The second-order valence-corrected chi connectivity index (χ2v) is 8.76. The van der Waals surface area contributed by atoms with Crippen LogP contribution >= 0.6 is 0 Å². The van der Waals surface area contributed by atoms with E-state index in [0.29, 0.717) is 24.1 Å². The number of nitrogens with zero attached hydrogens (tertiary/aromatic N) is 1. The van der Waals surface area contributed by atoms with Crippen molar-refractivity contribution in [3.8, 4) is 0 Å². The summed E-state index contributed by atoms with van der Waals surface area (Å²) in [4.78, 5) is 31.2. The first-order valence-electron chi connectivity index (χ1n) is 9.50. The number of nitrogens with two attached hydrogens (primary N) is 1. The molecule has 5 heteroatoms. The average Bonchev–Trinajstić information content (AvgIpc) is 3.15. The maximum Gasteiger partial charge on any atom is 0.255 e. The molecule has 2 amide bonds. The summed E-state index contributed by atoms with van der Waals surface area (Å²) in [6, 6.07) is 15.3. The molecule has 0 saturated heterocycles. The monoisotopic (exact) mass is 375 g/mol. The Bertz CT molecular complexity index is 1080. The second-order valence-electron chi connectivity index (χ2n) is 8.76. The lowest BCUT2D eigenvalue weighted by Crippen LogP contribution is -2.56. The summed E-state index contributed by atoms with van der Waals surface area (Å²) >= 11 is 0. The fraction of sp³-hybridized carbons (Fsp3) is 0.304. The second kappa shape index (κ2) is 6.23. The van der Waals surface area contributed by atoms with Gasteiger partial charge in [-0.25, -0.2) is 0 Å². The zero-order valence-electron chi connectivity index (χ0n) is 16.5. The number of hydrogen-bond acceptors (Lipinski definition) is 2. The molecule has 1 aliphatic rings. The molecule has 28 heavy (non-hydrogen) atoms. The number of amides is 2. The molecule has 2 aromatic carbocycles. The van der Waals surface area contributed by atoms with Gasteiger partial charge in [-0.15, -0.1) is 0 Å². The Kier molecular flexibility index (Phi) is 4.07. The number of carbonyl (C=O) groups excluding carboxylic acids is 2. The van der Waals surface area contributed by atoms with Gasteiger partial charge in [0.05, 0.1) is 0 Å². The van der Waals surface area contributed by atoms with E-state index in [1.54, 1.807) is 11.0 Å². The summed E-state index contributed by atoms with van der Waals surface area (Å²) in [6.07, 6.45) is 2.25. The number of aromatic amines is 1. The third-order valence-corrected chi connectivity index (χ3v) is 5.47. The van der Waals surface area contributed by atoms with E-state index >= 15 is 0 Å². The zero-order valence-corrected chi connectivity index (χ0v) is 16.5. The van der Waals surface area contributed by atoms with E-state index in [2.05, 4.69) is 25.8 Å². The largest absolute Gasteiger partial charge is 0.367 e. The number of H-pyrrole nitrogens is 1. The third-order valence-electron chi connectivity index (χ3n) is 5.47. The first-order valence-corrected chi connectivity index (χ1v) is 9.50. The third kappa shape index (κ3) is 2.70. The van der Waals surface area contributed by atoms with Crippen molar-refractivity contribution in [1.82, 2.24) is 9.88 Å². The van der Waals surface area contributed by atoms with Crippen LogP contribution < -0.4 is 5.73 Å². The van der Waals surface area contributed by atoms with Gasteiger partial charge in [0.25, 0.3) is 5.91 Å². The van der Waals surface area contributed by atoms with Gasteiger partial charge < -0.3 is 15.6 Å². The van der Waals surface area contributed by atoms with Crippen molar-refractivity contribution in [2.24, 2.45) is 11.1 Å². The maximum atomic E-state index is 13.3. The van der Waals surface area contributed by atoms with Crippen LogP contribution in [-0.2, 0) is 16.8 Å². The number of primary amides is 1. The molecule has 3 aromatic rings. The standard InChI is InChI=1S/C23H25N3O2/c1-22(2,3)14-26-20(27)17-9-4-6-10-18(17)23(26,21(24)28)12-15-13-25-19-11-7-5-8-16(15)19/h4-11,13,25H,12,14H2,1-3H3,(H2,24,28). The van der Waals surface area contributed by atoms with E-state index in [4.69, 9.17) is 5.73 Å². The summed E-state index contributed by atoms with van der Waals surface area (Å²) in [6.45, 7) is 6.61. The molecule has 1 unspecified atom stereocenters. The van der Waals surface area contributed by atoms with Crippen LogP contribution in [0.15, 0.2) is 54.7 Å². The highest BCUT2D eigenvalue weighted by Crippen LogP contribution is 2.44. The van der Waals surface area contributed by atoms with E-state index in [9.17, 15) is 9.59 Å². The van der Waals surface area contributed by atoms with Gasteiger partial charge in [0.15, 0.2) is 5.54 Å². The molecule has 0 aliphatic carbocycles. The van der Waals surface area contributed by atoms with Gasteiger partial charge >= 0.3 is 0 Å². The molecular weight excluding hydrogens is 350 g/mol. The molecule has 0 bridgehead atoms. The predicted octanol–water partition coefficient (Wildman–Crippen LogP) is 3.59. The molecule has 1 atom stereocenters. The number of benzene rings is 2. The van der Waals surface area contributed by atoms with Gasteiger partial charge in [-0.05, 0) is 23.1 Å². The van der Waals surface area contributed by atoms with Crippen LogP contribution in [-0.4, -0.2) is 28.2 Å². The van der Waals surface area contributed by atoms with Crippen LogP contribution in [0, 0.1) is 5.41 Å². The molecule has 0 saturated carbocycles. The van der Waals surface area contributed by atoms with E-state index < -0.39 is 11.4 Å². The Labute approximate surface area is 164 Å². The lowest BCUT2D eigenvalue weighted by molar-refractivity contribution is -0.129. The number of para-hydroxylation sites is 1. The number of nitrogens with one attached hydrogen (secondary N) is 1. The van der Waals surface area contributed by atoms with Gasteiger partial charge in [-0.3, -0.25) is 9.59 Å². The van der Waals surface area contributed by atoms with Crippen LogP contribution in [0.5, 0.6) is 0 Å². The molecule has 0 spiro atoms. The first kappa shape index (κ1) is 18.3. The fourth-order valence-electron chi connectivity index (χ4n) is 4.27. The van der Waals surface area contributed by atoms with E-state index in [1.807, 2.05) is 48.7 Å². The van der Waals surface area contributed by atoms with Crippen molar-refractivity contribution in [3.05, 3.63) is 71.4 Å². The van der Waals surface area contributed by atoms with Crippen molar-refractivity contribution >= 4 is 22.7 Å². The normalized spacial score (nSPS) is 19.2. The van der Waals surface area contributed by atoms with Crippen molar-refractivity contribution < 1.29 is 9.59 Å². The number of rotatable bonds is 4. The highest BCUT2D eigenvalue weighted by atomic mass is 16.2. The van der Waals surface area contributed by atoms with Crippen molar-refractivity contribution in [2.75, 3.05) is 6.54 Å². The van der Waals surface area contributed by atoms with Gasteiger partial charge in [0, 0.05) is 41.2 Å². The predicted molar refractivity (Wildman–Crippen MR) is 110 cm³/mol. The molecule has 0 fully saturated rings. The summed E-state index contributed by atoms with van der Waals surface area (Å²) < 4.78 is 0. The van der Waals surface area contributed by atoms with Crippen LogP contribution in [0.3, 0.4) is 0 Å². The smallest absolute Gasteiger partial charge is 0.255 e. The quantitative estimate of drug-likeness (QED) is 0.731. The SMILES string of the molecule is CC(C)(C)CN1C(=O)c2ccccc2C1(Cc1c[nH]c2ccccc12)C(N)=O. The maximum absolute atomic E-state index is 13.3. The highest BCUT2D eigenvalue weighted by molar-refractivity contribution is 6.07. The molecule has 5 nitrogen and oxygen atoms in total. The van der Waals surface area contributed by atoms with Gasteiger partial charge in [0.1, 0.15) is 0 Å². The molecule has 144 valence electrons. The van der Waals surface area contributed by atoms with Crippen LogP contribution in [0.4, 0.5) is 0 Å². The minimum absolute atomic E-state index is 0.135. The van der Waals surface area contributed by atoms with Gasteiger partial charge in [0.2, 0.25) is 5.91 Å². The summed E-state index contributed by atoms with van der Waals surface area (Å²) in [5.74, 6) is -0.635. The van der Waals surface area contributed by atoms with Crippen LogP contribution in [0.25, 0.3) is 10.9 Å². The summed E-state index contributed by atoms with van der Waals surface area (Å²) in [5, 5.41) is 1.04. The Hall–Kier alpha value is -3.08. The lowest BCUT2D eigenvalue weighted by Gasteiger charge is -2.40. The average molecular weight is 375 g/mol. The van der Waals surface area contributed by atoms with Crippen molar-refractivity contribution in [3.63, 3.8) is 0 Å². The lowest BCUT2D eigenvalue weighted by atomic mass is 9.81. The Morgan fingerprint density at radius 2 is 1.79 bits per heavy atom. The van der Waals surface area contributed by atoms with Gasteiger partial charge in [-0.2, -0.15) is 0 Å². The minimum atomic E-state index is -1.20. The molecule has 4 rings (SSSR count). The summed E-state index contributed by atoms with van der Waals surface area (Å²) in [5.41, 5.74) is 7.88. The summed E-state index contributed by atoms with van der Waals surface area (Å²) in [7, 11) is 0. The number of aromatic nitrogens is 1. The Balaban J connectivity index is 1.92. The Morgan fingerprint density at radius 3 is 2.50 bits per heavy atom. The molecule has 3 N–H and O–H groups in total. The molecule has 1 aromatic heterocycles. The van der Waals surface area contributed by atoms with Gasteiger partial charge in [-0.1, -0.05) is 57.2 Å². The topological polar surface area (TPSA) is 79.2 Å². The number of carbonyl (C=O) groups is 2. The van der Waals surface area contributed by atoms with Crippen molar-refractivity contribution in [2.45, 2.75) is 32.7 Å². The Morgan fingerprint density at radius 1 is 1.11 bits per heavy atom. The number of fused-ring (bicyclic) bond motifs is 2. The zero-order chi connectivity index (χ0) is 20.1. The fourth-order valence-corrected chi connectivity index (χ4v) is 4.27. The van der Waals surface area contributed by atoms with Crippen molar-refractivity contribution in [1.29, 1.82) is 0 Å². The molecule has 1 aliphatic heterocycles. The van der Waals surface area contributed by atoms with Crippen LogP contribution in [0.2, 0.25) is 0 Å². The number of hydrogen-bond donors (Lipinski definition) is 2. The van der Waals surface area contributed by atoms with Crippen LogP contribution in [0.1, 0.15) is 42.3 Å². The van der Waals surface area contributed by atoms with E-state index in [0.717, 1.165) is 16.5 Å².